The number of nitriles is 2. The molecule has 0 bridgehead atoms. The Kier molecular flexibility index (Phi) is 5.16. The lowest BCUT2D eigenvalue weighted by atomic mass is 10.1. The van der Waals surface area contributed by atoms with Crippen LogP contribution < -0.4 is 9.47 Å². The fourth-order valence-corrected chi connectivity index (χ4v) is 5.58. The lowest BCUT2D eigenvalue weighted by molar-refractivity contribution is 0.415. The second-order valence-corrected chi connectivity index (χ2v) is 9.33. The van der Waals surface area contributed by atoms with Crippen molar-refractivity contribution in [3.8, 4) is 35.0 Å². The SMILES string of the molecule is COc1ccc2c(c1)c1cnccc1n2-c1cc(C#N)c(C#N)cc1-n1c2ccncc2c2cc(OC)ccc21. The zero-order chi connectivity index (χ0) is 27.4. The molecule has 3 aromatic carbocycles. The Morgan fingerprint density at radius 3 is 1.40 bits per heavy atom. The normalized spacial score (nSPS) is 11.2. The van der Waals surface area contributed by atoms with Crippen LogP contribution >= 0.6 is 0 Å². The Bertz CT molecular complexity index is 2070. The van der Waals surface area contributed by atoms with E-state index in [2.05, 4.69) is 31.2 Å². The summed E-state index contributed by atoms with van der Waals surface area (Å²) < 4.78 is 15.3. The number of fused-ring (bicyclic) bond motifs is 6. The molecule has 0 amide bonds. The molecule has 0 saturated carbocycles. The van der Waals surface area contributed by atoms with E-state index in [9.17, 15) is 10.5 Å². The summed E-state index contributed by atoms with van der Waals surface area (Å²) in [7, 11) is 3.28. The van der Waals surface area contributed by atoms with Crippen LogP contribution in [0.2, 0.25) is 0 Å². The van der Waals surface area contributed by atoms with Gasteiger partial charge < -0.3 is 18.6 Å². The molecule has 0 aliphatic rings. The van der Waals surface area contributed by atoms with Crippen molar-refractivity contribution < 1.29 is 9.47 Å². The van der Waals surface area contributed by atoms with Crippen molar-refractivity contribution in [1.82, 2.24) is 19.1 Å². The molecule has 8 heteroatoms. The van der Waals surface area contributed by atoms with Crippen molar-refractivity contribution >= 4 is 43.6 Å². The average Bonchev–Trinajstić information content (AvgIpc) is 3.52. The summed E-state index contributed by atoms with van der Waals surface area (Å²) in [4.78, 5) is 8.77. The minimum absolute atomic E-state index is 0.294. The second-order valence-electron chi connectivity index (χ2n) is 9.33. The van der Waals surface area contributed by atoms with E-state index >= 15 is 0 Å². The van der Waals surface area contributed by atoms with Crippen molar-refractivity contribution in [2.24, 2.45) is 0 Å². The Labute approximate surface area is 228 Å². The van der Waals surface area contributed by atoms with Crippen molar-refractivity contribution in [1.29, 1.82) is 10.5 Å². The van der Waals surface area contributed by atoms with E-state index in [1.807, 2.05) is 60.9 Å². The van der Waals surface area contributed by atoms with Crippen molar-refractivity contribution in [2.75, 3.05) is 14.2 Å². The number of hydrogen-bond donors (Lipinski definition) is 0. The largest absolute Gasteiger partial charge is 0.497 e. The van der Waals surface area contributed by atoms with Gasteiger partial charge in [0.25, 0.3) is 0 Å². The van der Waals surface area contributed by atoms with Gasteiger partial charge in [-0.25, -0.2) is 0 Å². The molecule has 40 heavy (non-hydrogen) atoms. The molecule has 0 radical (unpaired) electrons. The van der Waals surface area contributed by atoms with Gasteiger partial charge in [-0.3, -0.25) is 9.97 Å². The van der Waals surface area contributed by atoms with Crippen LogP contribution in [0.15, 0.2) is 85.5 Å². The number of aromatic nitrogens is 4. The van der Waals surface area contributed by atoms with Gasteiger partial charge in [-0.05, 0) is 60.7 Å². The van der Waals surface area contributed by atoms with Gasteiger partial charge in [0.2, 0.25) is 0 Å². The van der Waals surface area contributed by atoms with Crippen molar-refractivity contribution in [3.63, 3.8) is 0 Å². The fraction of sp³-hybridized carbons (Fsp3) is 0.0625. The summed E-state index contributed by atoms with van der Waals surface area (Å²) in [5.74, 6) is 1.47. The number of benzene rings is 3. The summed E-state index contributed by atoms with van der Waals surface area (Å²) >= 11 is 0. The van der Waals surface area contributed by atoms with Crippen LogP contribution in [0.4, 0.5) is 0 Å². The highest BCUT2D eigenvalue weighted by Gasteiger charge is 2.22. The number of rotatable bonds is 4. The molecule has 0 aliphatic carbocycles. The number of pyridine rings is 2. The molecule has 4 heterocycles. The van der Waals surface area contributed by atoms with Crippen LogP contribution in [0.3, 0.4) is 0 Å². The van der Waals surface area contributed by atoms with E-state index in [4.69, 9.17) is 9.47 Å². The minimum atomic E-state index is 0.294. The lowest BCUT2D eigenvalue weighted by Crippen LogP contribution is -2.05. The summed E-state index contributed by atoms with van der Waals surface area (Å²) in [6, 6.07) is 23.7. The quantitative estimate of drug-likeness (QED) is 0.265. The van der Waals surface area contributed by atoms with Crippen LogP contribution in [0.5, 0.6) is 11.5 Å². The molecule has 0 spiro atoms. The topological polar surface area (TPSA) is 102 Å². The van der Waals surface area contributed by atoms with Gasteiger partial charge in [0.05, 0.1) is 58.8 Å². The molecule has 0 atom stereocenters. The van der Waals surface area contributed by atoms with E-state index in [0.717, 1.165) is 66.5 Å². The van der Waals surface area contributed by atoms with Crippen LogP contribution in [0.25, 0.3) is 55.0 Å². The molecule has 0 aliphatic heterocycles. The van der Waals surface area contributed by atoms with Gasteiger partial charge in [-0.1, -0.05) is 0 Å². The molecule has 4 aromatic heterocycles. The number of methoxy groups -OCH3 is 2. The molecule has 7 rings (SSSR count). The minimum Gasteiger partial charge on any atom is -0.497 e. The summed E-state index contributed by atoms with van der Waals surface area (Å²) in [6.07, 6.45) is 7.17. The predicted octanol–water partition coefficient (Wildman–Crippen LogP) is 6.43. The summed E-state index contributed by atoms with van der Waals surface area (Å²) in [5.41, 5.74) is 5.75. The van der Waals surface area contributed by atoms with Crippen LogP contribution in [0.1, 0.15) is 11.1 Å². The van der Waals surface area contributed by atoms with Crippen LogP contribution in [0, 0.1) is 22.7 Å². The van der Waals surface area contributed by atoms with Crippen molar-refractivity contribution in [2.45, 2.75) is 0 Å². The third-order valence-electron chi connectivity index (χ3n) is 7.38. The standard InChI is InChI=1S/C32H20N6O2/c1-39-21-3-5-27-23(13-21)25-17-35-9-7-29(25)37(27)31-11-19(15-33)20(16-34)12-32(31)38-28-6-4-22(40-2)14-24(28)26-18-36-10-8-30(26)38/h3-14,17-18H,1-2H3. The fourth-order valence-electron chi connectivity index (χ4n) is 5.58. The van der Waals surface area contributed by atoms with Gasteiger partial charge in [0.1, 0.15) is 23.6 Å². The maximum Gasteiger partial charge on any atom is 0.119 e. The van der Waals surface area contributed by atoms with E-state index < -0.39 is 0 Å². The first-order valence-electron chi connectivity index (χ1n) is 12.5. The Morgan fingerprint density at radius 1 is 0.575 bits per heavy atom. The molecule has 8 nitrogen and oxygen atoms in total. The van der Waals surface area contributed by atoms with Gasteiger partial charge in [0.15, 0.2) is 0 Å². The molecule has 0 fully saturated rings. The second kappa shape index (κ2) is 8.87. The highest BCUT2D eigenvalue weighted by molar-refractivity contribution is 6.11. The van der Waals surface area contributed by atoms with E-state index in [1.54, 1.807) is 38.7 Å². The smallest absolute Gasteiger partial charge is 0.119 e. The van der Waals surface area contributed by atoms with Crippen LogP contribution in [-0.4, -0.2) is 33.3 Å². The monoisotopic (exact) mass is 520 g/mol. The summed E-state index contributed by atoms with van der Waals surface area (Å²) in [5, 5.41) is 23.9. The van der Waals surface area contributed by atoms with E-state index in [1.165, 1.54) is 0 Å². The molecule has 190 valence electrons. The number of hydrogen-bond acceptors (Lipinski definition) is 6. The van der Waals surface area contributed by atoms with Crippen molar-refractivity contribution in [3.05, 3.63) is 96.6 Å². The third-order valence-corrected chi connectivity index (χ3v) is 7.38. The molecular weight excluding hydrogens is 500 g/mol. The maximum absolute atomic E-state index is 10.0. The molecular formula is C32H20N6O2. The van der Waals surface area contributed by atoms with E-state index in [0.29, 0.717) is 11.1 Å². The lowest BCUT2D eigenvalue weighted by Gasteiger charge is -2.18. The average molecular weight is 521 g/mol. The van der Waals surface area contributed by atoms with Gasteiger partial charge >= 0.3 is 0 Å². The Morgan fingerprint density at radius 2 is 1.00 bits per heavy atom. The first-order chi connectivity index (χ1) is 19.7. The highest BCUT2D eigenvalue weighted by Crippen LogP contribution is 2.40. The highest BCUT2D eigenvalue weighted by atomic mass is 16.5. The maximum atomic E-state index is 10.0. The first-order valence-corrected chi connectivity index (χ1v) is 12.5. The third kappa shape index (κ3) is 3.24. The zero-order valence-corrected chi connectivity index (χ0v) is 21.6. The Hall–Kier alpha value is -5.86. The molecule has 0 saturated heterocycles. The number of nitrogens with zero attached hydrogens (tertiary/aromatic N) is 6. The molecule has 0 unspecified atom stereocenters. The van der Waals surface area contributed by atoms with Gasteiger partial charge in [-0.2, -0.15) is 10.5 Å². The molecule has 0 N–H and O–H groups in total. The Balaban J connectivity index is 1.68. The van der Waals surface area contributed by atoms with Gasteiger partial charge in [-0.15, -0.1) is 0 Å². The molecule has 7 aromatic rings. The predicted molar refractivity (Wildman–Crippen MR) is 153 cm³/mol. The van der Waals surface area contributed by atoms with Crippen LogP contribution in [-0.2, 0) is 0 Å². The van der Waals surface area contributed by atoms with E-state index in [-0.39, 0.29) is 0 Å². The first kappa shape index (κ1) is 23.3. The van der Waals surface area contributed by atoms with Gasteiger partial charge in [0, 0.05) is 46.3 Å². The zero-order valence-electron chi connectivity index (χ0n) is 21.6. The number of ether oxygens (including phenoxy) is 2. The summed E-state index contributed by atoms with van der Waals surface area (Å²) in [6.45, 7) is 0.